The van der Waals surface area contributed by atoms with Gasteiger partial charge in [0.1, 0.15) is 0 Å². The van der Waals surface area contributed by atoms with Crippen LogP contribution in [0.15, 0.2) is 59.8 Å². The molecule has 2 N–H and O–H groups in total. The lowest BCUT2D eigenvalue weighted by Gasteiger charge is -2.22. The second-order valence-electron chi connectivity index (χ2n) is 7.03. The summed E-state index contributed by atoms with van der Waals surface area (Å²) >= 11 is 7.13. The molecule has 9 heteroatoms. The van der Waals surface area contributed by atoms with Crippen molar-refractivity contribution in [2.75, 3.05) is 0 Å². The summed E-state index contributed by atoms with van der Waals surface area (Å²) in [7, 11) is 0. The van der Waals surface area contributed by atoms with Gasteiger partial charge in [-0.1, -0.05) is 11.6 Å². The maximum atomic E-state index is 12.7. The third kappa shape index (κ3) is 4.44. The Kier molecular flexibility index (Phi) is 5.96. The summed E-state index contributed by atoms with van der Waals surface area (Å²) in [6, 6.07) is 9.90. The van der Waals surface area contributed by atoms with Gasteiger partial charge in [0.05, 0.1) is 15.4 Å². The van der Waals surface area contributed by atoms with Crippen LogP contribution in [0.25, 0.3) is 5.69 Å². The van der Waals surface area contributed by atoms with Gasteiger partial charge in [0.2, 0.25) is 0 Å². The average molecular weight is 443 g/mol. The maximum Gasteiger partial charge on any atom is 0.273 e. The van der Waals surface area contributed by atoms with Gasteiger partial charge in [-0.3, -0.25) is 23.9 Å². The highest BCUT2D eigenvalue weighted by Crippen LogP contribution is 2.24. The Hall–Kier alpha value is -2.97. The van der Waals surface area contributed by atoms with E-state index in [0.717, 1.165) is 19.3 Å². The van der Waals surface area contributed by atoms with E-state index < -0.39 is 0 Å². The van der Waals surface area contributed by atoms with Gasteiger partial charge in [0.25, 0.3) is 17.4 Å². The van der Waals surface area contributed by atoms with Crippen LogP contribution in [0.1, 0.15) is 39.3 Å². The zero-order chi connectivity index (χ0) is 21.1. The summed E-state index contributed by atoms with van der Waals surface area (Å²) in [6.45, 7) is 0. The number of hydrogen-bond acceptors (Lipinski definition) is 5. The van der Waals surface area contributed by atoms with E-state index in [9.17, 15) is 14.4 Å². The number of halogens is 1. The molecule has 0 bridgehead atoms. The first-order chi connectivity index (χ1) is 14.5. The summed E-state index contributed by atoms with van der Waals surface area (Å²) in [5.41, 5.74) is 0.897. The zero-order valence-electron chi connectivity index (χ0n) is 15.9. The molecule has 3 aromatic rings. The molecular weight excluding hydrogens is 424 g/mol. The summed E-state index contributed by atoms with van der Waals surface area (Å²) in [5, 5.41) is 6.03. The monoisotopic (exact) mass is 442 g/mol. The van der Waals surface area contributed by atoms with E-state index in [4.69, 9.17) is 11.6 Å². The molecular formula is C21H19ClN4O3S. The van der Waals surface area contributed by atoms with E-state index in [2.05, 4.69) is 15.6 Å². The minimum absolute atomic E-state index is 0.128. The number of carbonyl (C=O) groups is 2. The van der Waals surface area contributed by atoms with Crippen molar-refractivity contribution >= 4 is 34.8 Å². The quantitative estimate of drug-likeness (QED) is 0.635. The molecule has 2 aromatic heterocycles. The first-order valence-electron chi connectivity index (χ1n) is 9.51. The molecule has 2 atom stereocenters. The van der Waals surface area contributed by atoms with Gasteiger partial charge in [0, 0.05) is 35.7 Å². The van der Waals surface area contributed by atoms with Crippen LogP contribution in [-0.2, 0) is 0 Å². The molecule has 2 amide bonds. The number of nitrogens with zero attached hydrogens (tertiary/aromatic N) is 2. The number of nitrogens with one attached hydrogen (secondary N) is 2. The lowest BCUT2D eigenvalue weighted by atomic mass is 10.1. The molecule has 1 aromatic carbocycles. The van der Waals surface area contributed by atoms with Crippen molar-refractivity contribution in [1.82, 2.24) is 20.2 Å². The standard InChI is InChI=1S/C21H19ClN4O3S/c22-18-9-8-17(30-18)21(29)25-16-3-1-2-15(16)24-20(28)13-4-6-14(7-5-13)26-11-10-23-12-19(26)27/h4-12,15-16H,1-3H2,(H,24,28)(H,25,29)/t15-,16+/m0/s1. The van der Waals surface area contributed by atoms with E-state index >= 15 is 0 Å². The SMILES string of the molecule is O=C(N[C@H]1CCC[C@H]1NC(=O)c1ccc(Cl)s1)c1ccc(-n2ccncc2=O)cc1. The van der Waals surface area contributed by atoms with Crippen molar-refractivity contribution in [1.29, 1.82) is 0 Å². The number of rotatable bonds is 5. The van der Waals surface area contributed by atoms with Crippen molar-refractivity contribution in [3.05, 3.63) is 80.1 Å². The highest BCUT2D eigenvalue weighted by atomic mass is 35.5. The molecule has 2 heterocycles. The van der Waals surface area contributed by atoms with Crippen LogP contribution in [0.3, 0.4) is 0 Å². The topological polar surface area (TPSA) is 93.1 Å². The highest BCUT2D eigenvalue weighted by molar-refractivity contribution is 7.18. The predicted molar refractivity (Wildman–Crippen MR) is 116 cm³/mol. The Balaban J connectivity index is 1.41. The zero-order valence-corrected chi connectivity index (χ0v) is 17.4. The van der Waals surface area contributed by atoms with Gasteiger partial charge in [0.15, 0.2) is 0 Å². The number of thiophene rings is 1. The lowest BCUT2D eigenvalue weighted by molar-refractivity contribution is 0.0894. The van der Waals surface area contributed by atoms with Gasteiger partial charge in [-0.2, -0.15) is 0 Å². The van der Waals surface area contributed by atoms with Crippen LogP contribution in [0.2, 0.25) is 4.34 Å². The fourth-order valence-corrected chi connectivity index (χ4v) is 4.51. The van der Waals surface area contributed by atoms with Crippen LogP contribution in [0.4, 0.5) is 0 Å². The van der Waals surface area contributed by atoms with Crippen LogP contribution < -0.4 is 16.2 Å². The van der Waals surface area contributed by atoms with E-state index in [-0.39, 0.29) is 29.5 Å². The summed E-state index contributed by atoms with van der Waals surface area (Å²) in [6.07, 6.45) is 6.86. The average Bonchev–Trinajstić information content (AvgIpc) is 3.37. The molecule has 0 radical (unpaired) electrons. The molecule has 154 valence electrons. The molecule has 30 heavy (non-hydrogen) atoms. The molecule has 4 rings (SSSR count). The molecule has 1 aliphatic rings. The van der Waals surface area contributed by atoms with Crippen LogP contribution >= 0.6 is 22.9 Å². The summed E-state index contributed by atoms with van der Waals surface area (Å²) in [4.78, 5) is 41.3. The highest BCUT2D eigenvalue weighted by Gasteiger charge is 2.30. The van der Waals surface area contributed by atoms with Crippen molar-refractivity contribution < 1.29 is 9.59 Å². The van der Waals surface area contributed by atoms with E-state index in [1.807, 2.05) is 0 Å². The Labute approximate surface area is 181 Å². The maximum absolute atomic E-state index is 12.7. The fraction of sp³-hybridized carbons (Fsp3) is 0.238. The smallest absolute Gasteiger partial charge is 0.273 e. The summed E-state index contributed by atoms with van der Waals surface area (Å²) in [5.74, 6) is -0.390. The second-order valence-corrected chi connectivity index (χ2v) is 8.74. The van der Waals surface area contributed by atoms with E-state index in [1.165, 1.54) is 28.3 Å². The van der Waals surface area contributed by atoms with Crippen molar-refractivity contribution in [3.8, 4) is 5.69 Å². The first kappa shape index (κ1) is 20.3. The van der Waals surface area contributed by atoms with Crippen LogP contribution in [0, 0.1) is 0 Å². The van der Waals surface area contributed by atoms with Gasteiger partial charge >= 0.3 is 0 Å². The minimum atomic E-state index is -0.244. The molecule has 1 aliphatic carbocycles. The van der Waals surface area contributed by atoms with E-state index in [1.54, 1.807) is 42.6 Å². The van der Waals surface area contributed by atoms with Crippen molar-refractivity contribution in [2.24, 2.45) is 0 Å². The number of benzene rings is 1. The second kappa shape index (κ2) is 8.81. The number of carbonyl (C=O) groups excluding carboxylic acids is 2. The summed E-state index contributed by atoms with van der Waals surface area (Å²) < 4.78 is 2.02. The van der Waals surface area contributed by atoms with E-state index in [0.29, 0.717) is 20.5 Å². The van der Waals surface area contributed by atoms with Crippen molar-refractivity contribution in [3.63, 3.8) is 0 Å². The molecule has 1 fully saturated rings. The Morgan fingerprint density at radius 1 is 1.03 bits per heavy atom. The van der Waals surface area contributed by atoms with Crippen LogP contribution in [0.5, 0.6) is 0 Å². The number of amides is 2. The lowest BCUT2D eigenvalue weighted by Crippen LogP contribution is -2.48. The van der Waals surface area contributed by atoms with Crippen molar-refractivity contribution in [2.45, 2.75) is 31.3 Å². The Morgan fingerprint density at radius 2 is 1.73 bits per heavy atom. The minimum Gasteiger partial charge on any atom is -0.347 e. The van der Waals surface area contributed by atoms with Crippen LogP contribution in [-0.4, -0.2) is 33.4 Å². The molecule has 0 saturated heterocycles. The Morgan fingerprint density at radius 3 is 2.37 bits per heavy atom. The predicted octanol–water partition coefficient (Wildman–Crippen LogP) is 3.03. The number of aromatic nitrogens is 2. The molecule has 0 spiro atoms. The number of hydrogen-bond donors (Lipinski definition) is 2. The fourth-order valence-electron chi connectivity index (χ4n) is 3.57. The van der Waals surface area contributed by atoms with Gasteiger partial charge < -0.3 is 10.6 Å². The molecule has 0 unspecified atom stereocenters. The molecule has 0 aliphatic heterocycles. The third-order valence-electron chi connectivity index (χ3n) is 5.08. The molecule has 7 nitrogen and oxygen atoms in total. The van der Waals surface area contributed by atoms with Gasteiger partial charge in [-0.25, -0.2) is 0 Å². The third-order valence-corrected chi connectivity index (χ3v) is 6.31. The molecule has 1 saturated carbocycles. The normalized spacial score (nSPS) is 18.2. The Bertz CT molecular complexity index is 1130. The largest absolute Gasteiger partial charge is 0.347 e. The van der Waals surface area contributed by atoms with Gasteiger partial charge in [-0.15, -0.1) is 11.3 Å². The van der Waals surface area contributed by atoms with Gasteiger partial charge in [-0.05, 0) is 55.7 Å². The first-order valence-corrected chi connectivity index (χ1v) is 10.7.